The van der Waals surface area contributed by atoms with Crippen molar-refractivity contribution < 1.29 is 9.59 Å². The van der Waals surface area contributed by atoms with E-state index in [0.29, 0.717) is 26.9 Å². The topological polar surface area (TPSA) is 49.4 Å². The molecule has 0 aliphatic carbocycles. The van der Waals surface area contributed by atoms with E-state index >= 15 is 0 Å². The van der Waals surface area contributed by atoms with Crippen LogP contribution in [0.15, 0.2) is 72.4 Å². The first kappa shape index (κ1) is 20.2. The van der Waals surface area contributed by atoms with E-state index in [0.717, 1.165) is 21.7 Å². The maximum absolute atomic E-state index is 13.4. The van der Waals surface area contributed by atoms with Gasteiger partial charge in [0.15, 0.2) is 0 Å². The van der Waals surface area contributed by atoms with E-state index in [-0.39, 0.29) is 5.70 Å². The van der Waals surface area contributed by atoms with Crippen LogP contribution in [0.5, 0.6) is 0 Å². The molecule has 6 heteroatoms. The molecular formula is C24H18Cl2N2O2. The molecule has 0 radical (unpaired) electrons. The summed E-state index contributed by atoms with van der Waals surface area (Å²) in [6.45, 7) is 3.97. The largest absolute Gasteiger partial charge is 0.350 e. The summed E-state index contributed by atoms with van der Waals surface area (Å²) in [7, 11) is 0. The van der Waals surface area contributed by atoms with E-state index in [2.05, 4.69) is 5.32 Å². The standard InChI is InChI=1S/C24H18Cl2N2O2/c1-14-4-3-5-20(15(14)2)27-22-21(16-6-8-17(25)9-7-16)23(29)28(24(22)30)19-12-10-18(26)11-13-19/h3-13,27H,1-2H3. The van der Waals surface area contributed by atoms with Crippen LogP contribution in [0.3, 0.4) is 0 Å². The Bertz CT molecular complexity index is 1180. The minimum atomic E-state index is -0.423. The first-order valence-electron chi connectivity index (χ1n) is 9.34. The lowest BCUT2D eigenvalue weighted by molar-refractivity contribution is -0.120. The van der Waals surface area contributed by atoms with Gasteiger partial charge in [0.2, 0.25) is 0 Å². The Labute approximate surface area is 184 Å². The predicted octanol–water partition coefficient (Wildman–Crippen LogP) is 6.01. The Morgan fingerprint density at radius 2 is 1.37 bits per heavy atom. The van der Waals surface area contributed by atoms with Crippen LogP contribution in [0.4, 0.5) is 11.4 Å². The Balaban J connectivity index is 1.84. The average Bonchev–Trinajstić information content (AvgIpc) is 2.97. The predicted molar refractivity (Wildman–Crippen MR) is 122 cm³/mol. The molecule has 0 unspecified atom stereocenters. The van der Waals surface area contributed by atoms with Gasteiger partial charge in [0, 0.05) is 15.7 Å². The van der Waals surface area contributed by atoms with Gasteiger partial charge in [0.05, 0.1) is 11.3 Å². The molecule has 1 N–H and O–H groups in total. The molecule has 1 aliphatic rings. The summed E-state index contributed by atoms with van der Waals surface area (Å²) in [5, 5.41) is 4.29. The minimum absolute atomic E-state index is 0.228. The molecule has 4 rings (SSSR count). The third-order valence-corrected chi connectivity index (χ3v) is 5.67. The summed E-state index contributed by atoms with van der Waals surface area (Å²) in [5.41, 5.74) is 4.46. The Hall–Kier alpha value is -3.08. The summed E-state index contributed by atoms with van der Waals surface area (Å²) in [5.74, 6) is -0.828. The lowest BCUT2D eigenvalue weighted by Gasteiger charge is -2.16. The lowest BCUT2D eigenvalue weighted by Crippen LogP contribution is -2.32. The van der Waals surface area contributed by atoms with E-state index in [1.54, 1.807) is 48.5 Å². The number of hydrogen-bond donors (Lipinski definition) is 1. The smallest absolute Gasteiger partial charge is 0.282 e. The van der Waals surface area contributed by atoms with Crippen LogP contribution in [-0.4, -0.2) is 11.8 Å². The maximum atomic E-state index is 13.4. The Morgan fingerprint density at radius 1 is 0.767 bits per heavy atom. The number of carbonyl (C=O) groups is 2. The van der Waals surface area contributed by atoms with Gasteiger partial charge in [-0.05, 0) is 73.0 Å². The quantitative estimate of drug-likeness (QED) is 0.509. The van der Waals surface area contributed by atoms with E-state index < -0.39 is 11.8 Å². The zero-order valence-corrected chi connectivity index (χ0v) is 17.9. The molecule has 0 saturated carbocycles. The number of anilines is 2. The van der Waals surface area contributed by atoms with Gasteiger partial charge in [-0.15, -0.1) is 0 Å². The third-order valence-electron chi connectivity index (χ3n) is 5.17. The van der Waals surface area contributed by atoms with Gasteiger partial charge < -0.3 is 5.32 Å². The SMILES string of the molecule is Cc1cccc(NC2=C(c3ccc(Cl)cc3)C(=O)N(c3ccc(Cl)cc3)C2=O)c1C. The first-order chi connectivity index (χ1) is 14.4. The second-order valence-electron chi connectivity index (χ2n) is 7.05. The van der Waals surface area contributed by atoms with Crippen LogP contribution >= 0.6 is 23.2 Å². The van der Waals surface area contributed by atoms with Gasteiger partial charge in [-0.25, -0.2) is 4.90 Å². The Morgan fingerprint density at radius 3 is 2.00 bits per heavy atom. The highest BCUT2D eigenvalue weighted by molar-refractivity contribution is 6.46. The fourth-order valence-electron chi connectivity index (χ4n) is 3.38. The number of imide groups is 1. The van der Waals surface area contributed by atoms with E-state index in [1.165, 1.54) is 0 Å². The van der Waals surface area contributed by atoms with Gasteiger partial charge in [0.1, 0.15) is 5.70 Å². The van der Waals surface area contributed by atoms with Crippen molar-refractivity contribution in [2.75, 3.05) is 10.2 Å². The summed E-state index contributed by atoms with van der Waals surface area (Å²) in [6, 6.07) is 19.3. The normalized spacial score (nSPS) is 13.9. The van der Waals surface area contributed by atoms with Gasteiger partial charge in [0.25, 0.3) is 11.8 Å². The molecule has 0 spiro atoms. The molecule has 0 bridgehead atoms. The van der Waals surface area contributed by atoms with E-state index in [1.807, 2.05) is 32.0 Å². The highest BCUT2D eigenvalue weighted by Crippen LogP contribution is 2.35. The van der Waals surface area contributed by atoms with Gasteiger partial charge in [-0.3, -0.25) is 9.59 Å². The molecule has 1 heterocycles. The van der Waals surface area contributed by atoms with Crippen LogP contribution in [0, 0.1) is 13.8 Å². The number of carbonyl (C=O) groups excluding carboxylic acids is 2. The maximum Gasteiger partial charge on any atom is 0.282 e. The number of nitrogens with zero attached hydrogens (tertiary/aromatic N) is 1. The second-order valence-corrected chi connectivity index (χ2v) is 7.92. The second kappa shape index (κ2) is 7.98. The van der Waals surface area contributed by atoms with Gasteiger partial charge >= 0.3 is 0 Å². The molecule has 0 atom stereocenters. The van der Waals surface area contributed by atoms with Gasteiger partial charge in [-0.2, -0.15) is 0 Å². The van der Waals surface area contributed by atoms with Gasteiger partial charge in [-0.1, -0.05) is 47.5 Å². The van der Waals surface area contributed by atoms with Crippen LogP contribution in [0.1, 0.15) is 16.7 Å². The molecular weight excluding hydrogens is 419 g/mol. The van der Waals surface area contributed by atoms with Crippen molar-refractivity contribution in [2.24, 2.45) is 0 Å². The zero-order valence-electron chi connectivity index (χ0n) is 16.4. The monoisotopic (exact) mass is 436 g/mol. The molecule has 4 nitrogen and oxygen atoms in total. The molecule has 3 aromatic rings. The van der Waals surface area contributed by atoms with Crippen LogP contribution in [-0.2, 0) is 9.59 Å². The summed E-state index contributed by atoms with van der Waals surface area (Å²) in [4.78, 5) is 27.9. The number of rotatable bonds is 4. The summed E-state index contributed by atoms with van der Waals surface area (Å²) >= 11 is 12.0. The molecule has 0 aromatic heterocycles. The Kier molecular flexibility index (Phi) is 5.37. The molecule has 0 fully saturated rings. The first-order valence-corrected chi connectivity index (χ1v) is 10.1. The van der Waals surface area contributed by atoms with Crippen molar-refractivity contribution in [3.63, 3.8) is 0 Å². The van der Waals surface area contributed by atoms with Crippen molar-refractivity contribution in [2.45, 2.75) is 13.8 Å². The highest BCUT2D eigenvalue weighted by Gasteiger charge is 2.40. The van der Waals surface area contributed by atoms with Crippen molar-refractivity contribution in [3.8, 4) is 0 Å². The number of benzene rings is 3. The van der Waals surface area contributed by atoms with Crippen LogP contribution < -0.4 is 10.2 Å². The molecule has 30 heavy (non-hydrogen) atoms. The molecule has 1 aliphatic heterocycles. The number of aryl methyl sites for hydroxylation is 1. The highest BCUT2D eigenvalue weighted by atomic mass is 35.5. The lowest BCUT2D eigenvalue weighted by atomic mass is 10.0. The zero-order chi connectivity index (χ0) is 21.4. The summed E-state index contributed by atoms with van der Waals surface area (Å²) in [6.07, 6.45) is 0. The number of halogens is 2. The van der Waals surface area contributed by atoms with Crippen LogP contribution in [0.25, 0.3) is 5.57 Å². The van der Waals surface area contributed by atoms with Crippen molar-refractivity contribution in [1.29, 1.82) is 0 Å². The van der Waals surface area contributed by atoms with E-state index in [9.17, 15) is 9.59 Å². The minimum Gasteiger partial charge on any atom is -0.350 e. The fourth-order valence-corrected chi connectivity index (χ4v) is 3.63. The molecule has 3 aromatic carbocycles. The summed E-state index contributed by atoms with van der Waals surface area (Å²) < 4.78 is 0. The van der Waals surface area contributed by atoms with Crippen molar-refractivity contribution in [3.05, 3.63) is 99.2 Å². The average molecular weight is 437 g/mol. The van der Waals surface area contributed by atoms with Crippen LogP contribution in [0.2, 0.25) is 10.0 Å². The fraction of sp³-hybridized carbons (Fsp3) is 0.0833. The number of hydrogen-bond acceptors (Lipinski definition) is 3. The van der Waals surface area contributed by atoms with E-state index in [4.69, 9.17) is 23.2 Å². The molecule has 2 amide bonds. The number of amides is 2. The van der Waals surface area contributed by atoms with Crippen molar-refractivity contribution >= 4 is 52.0 Å². The molecule has 0 saturated heterocycles. The van der Waals surface area contributed by atoms with Crippen molar-refractivity contribution in [1.82, 2.24) is 0 Å². The number of nitrogens with one attached hydrogen (secondary N) is 1. The third kappa shape index (κ3) is 3.60. The molecule has 150 valence electrons.